The molecule has 0 bridgehead atoms. The van der Waals surface area contributed by atoms with Gasteiger partial charge in [-0.1, -0.05) is 6.92 Å². The normalized spacial score (nSPS) is 11.6. The Kier molecular flexibility index (Phi) is 4.12. The SMILES string of the molecule is CCCS(=O)(=O)CCn1cccc1C(=O)O. The van der Waals surface area contributed by atoms with E-state index in [-0.39, 0.29) is 23.7 Å². The molecule has 0 saturated heterocycles. The summed E-state index contributed by atoms with van der Waals surface area (Å²) in [6, 6.07) is 3.05. The fourth-order valence-electron chi connectivity index (χ4n) is 1.45. The lowest BCUT2D eigenvalue weighted by molar-refractivity contribution is 0.0685. The third-order valence-corrected chi connectivity index (χ3v) is 4.04. The predicted molar refractivity (Wildman–Crippen MR) is 60.3 cm³/mol. The smallest absolute Gasteiger partial charge is 0.352 e. The topological polar surface area (TPSA) is 76.4 Å². The maximum absolute atomic E-state index is 11.4. The minimum Gasteiger partial charge on any atom is -0.477 e. The van der Waals surface area contributed by atoms with Crippen LogP contribution in [-0.2, 0) is 16.4 Å². The van der Waals surface area contributed by atoms with E-state index in [1.165, 1.54) is 10.6 Å². The fourth-order valence-corrected chi connectivity index (χ4v) is 2.75. The molecule has 90 valence electrons. The van der Waals surface area contributed by atoms with Crippen LogP contribution in [-0.4, -0.2) is 35.6 Å². The summed E-state index contributed by atoms with van der Waals surface area (Å²) in [6.45, 7) is 1.99. The second-order valence-corrected chi connectivity index (χ2v) is 5.85. The summed E-state index contributed by atoms with van der Waals surface area (Å²) < 4.78 is 24.3. The summed E-state index contributed by atoms with van der Waals surface area (Å²) >= 11 is 0. The molecule has 0 atom stereocenters. The highest BCUT2D eigenvalue weighted by Crippen LogP contribution is 2.04. The molecule has 6 heteroatoms. The van der Waals surface area contributed by atoms with Crippen LogP contribution in [0, 0.1) is 0 Å². The first-order valence-corrected chi connectivity index (χ1v) is 6.87. The van der Waals surface area contributed by atoms with E-state index in [4.69, 9.17) is 5.11 Å². The molecule has 1 N–H and O–H groups in total. The molecule has 0 fully saturated rings. The lowest BCUT2D eigenvalue weighted by Gasteiger charge is -2.06. The molecule has 1 heterocycles. The Bertz CT molecular complexity index is 461. The van der Waals surface area contributed by atoms with Gasteiger partial charge in [-0.15, -0.1) is 0 Å². The van der Waals surface area contributed by atoms with Gasteiger partial charge in [0.25, 0.3) is 0 Å². The fraction of sp³-hybridized carbons (Fsp3) is 0.500. The summed E-state index contributed by atoms with van der Waals surface area (Å²) in [5, 5.41) is 8.82. The Labute approximate surface area is 94.6 Å². The van der Waals surface area contributed by atoms with E-state index >= 15 is 0 Å². The first-order valence-electron chi connectivity index (χ1n) is 5.05. The number of aryl methyl sites for hydroxylation is 1. The summed E-state index contributed by atoms with van der Waals surface area (Å²) in [5.74, 6) is -0.912. The Morgan fingerprint density at radius 1 is 1.44 bits per heavy atom. The van der Waals surface area contributed by atoms with Crippen LogP contribution < -0.4 is 0 Å². The van der Waals surface area contributed by atoms with E-state index in [1.54, 1.807) is 19.2 Å². The molecule has 0 aliphatic rings. The molecule has 0 aromatic carbocycles. The van der Waals surface area contributed by atoms with Gasteiger partial charge in [0.1, 0.15) is 5.69 Å². The van der Waals surface area contributed by atoms with Crippen LogP contribution in [0.5, 0.6) is 0 Å². The first-order chi connectivity index (χ1) is 7.46. The zero-order valence-corrected chi connectivity index (χ0v) is 9.90. The van der Waals surface area contributed by atoms with Gasteiger partial charge in [-0.05, 0) is 18.6 Å². The molecule has 0 saturated carbocycles. The third-order valence-electron chi connectivity index (χ3n) is 2.21. The maximum Gasteiger partial charge on any atom is 0.352 e. The van der Waals surface area contributed by atoms with Crippen LogP contribution in [0.1, 0.15) is 23.8 Å². The summed E-state index contributed by atoms with van der Waals surface area (Å²) in [5.41, 5.74) is 0.117. The van der Waals surface area contributed by atoms with Crippen molar-refractivity contribution in [3.63, 3.8) is 0 Å². The van der Waals surface area contributed by atoms with Crippen molar-refractivity contribution in [2.45, 2.75) is 19.9 Å². The second-order valence-electron chi connectivity index (χ2n) is 3.54. The Morgan fingerprint density at radius 3 is 2.69 bits per heavy atom. The number of hydrogen-bond donors (Lipinski definition) is 1. The van der Waals surface area contributed by atoms with E-state index in [9.17, 15) is 13.2 Å². The number of rotatable bonds is 6. The van der Waals surface area contributed by atoms with E-state index in [0.717, 1.165) is 0 Å². The highest BCUT2D eigenvalue weighted by molar-refractivity contribution is 7.91. The van der Waals surface area contributed by atoms with Gasteiger partial charge >= 0.3 is 5.97 Å². The first kappa shape index (κ1) is 12.8. The van der Waals surface area contributed by atoms with E-state index in [1.807, 2.05) is 0 Å². The standard InChI is InChI=1S/C10H15NO4S/c1-2-7-16(14,15)8-6-11-5-3-4-9(11)10(12)13/h3-5H,2,6-8H2,1H3,(H,12,13). The molecular formula is C10H15NO4S. The molecule has 16 heavy (non-hydrogen) atoms. The monoisotopic (exact) mass is 245 g/mol. The van der Waals surface area contributed by atoms with Crippen LogP contribution >= 0.6 is 0 Å². The van der Waals surface area contributed by atoms with Gasteiger partial charge in [0.2, 0.25) is 0 Å². The number of sulfone groups is 1. The van der Waals surface area contributed by atoms with Crippen molar-refractivity contribution >= 4 is 15.8 Å². The van der Waals surface area contributed by atoms with Crippen LogP contribution in [0.4, 0.5) is 0 Å². The average molecular weight is 245 g/mol. The van der Waals surface area contributed by atoms with Crippen molar-refractivity contribution in [1.82, 2.24) is 4.57 Å². The molecule has 0 aliphatic carbocycles. The molecule has 1 aromatic rings. The summed E-state index contributed by atoms with van der Waals surface area (Å²) in [6.07, 6.45) is 2.16. The van der Waals surface area contributed by atoms with Gasteiger partial charge in [0.15, 0.2) is 9.84 Å². The van der Waals surface area contributed by atoms with Gasteiger partial charge in [-0.3, -0.25) is 0 Å². The lowest BCUT2D eigenvalue weighted by Crippen LogP contribution is -2.17. The van der Waals surface area contributed by atoms with Crippen molar-refractivity contribution in [3.8, 4) is 0 Å². The number of aromatic carboxylic acids is 1. The maximum atomic E-state index is 11.4. The van der Waals surface area contributed by atoms with Gasteiger partial charge < -0.3 is 9.67 Å². The quantitative estimate of drug-likeness (QED) is 0.811. The molecule has 0 unspecified atom stereocenters. The van der Waals surface area contributed by atoms with Gasteiger partial charge in [-0.25, -0.2) is 13.2 Å². The lowest BCUT2D eigenvalue weighted by atomic mass is 10.4. The molecule has 0 radical (unpaired) electrons. The highest BCUT2D eigenvalue weighted by atomic mass is 32.2. The minimum absolute atomic E-state index is 0.0181. The summed E-state index contributed by atoms with van der Waals surface area (Å²) in [7, 11) is -3.06. The Morgan fingerprint density at radius 2 is 2.12 bits per heavy atom. The number of aromatic nitrogens is 1. The predicted octanol–water partition coefficient (Wildman–Crippen LogP) is 1.01. The largest absolute Gasteiger partial charge is 0.477 e. The number of hydrogen-bond acceptors (Lipinski definition) is 3. The van der Waals surface area contributed by atoms with Crippen LogP contribution in [0.2, 0.25) is 0 Å². The van der Waals surface area contributed by atoms with Crippen LogP contribution in [0.3, 0.4) is 0 Å². The van der Waals surface area contributed by atoms with Crippen molar-refractivity contribution in [3.05, 3.63) is 24.0 Å². The molecule has 1 rings (SSSR count). The van der Waals surface area contributed by atoms with Crippen molar-refractivity contribution in [1.29, 1.82) is 0 Å². The Balaban J connectivity index is 2.68. The zero-order valence-electron chi connectivity index (χ0n) is 9.09. The van der Waals surface area contributed by atoms with Crippen LogP contribution in [0.15, 0.2) is 18.3 Å². The van der Waals surface area contributed by atoms with Crippen molar-refractivity contribution in [2.24, 2.45) is 0 Å². The van der Waals surface area contributed by atoms with Crippen molar-refractivity contribution in [2.75, 3.05) is 11.5 Å². The van der Waals surface area contributed by atoms with E-state index in [0.29, 0.717) is 6.42 Å². The second kappa shape index (κ2) is 5.16. The van der Waals surface area contributed by atoms with Crippen LogP contribution in [0.25, 0.3) is 0 Å². The summed E-state index contributed by atoms with van der Waals surface area (Å²) in [4.78, 5) is 10.8. The molecule has 5 nitrogen and oxygen atoms in total. The third kappa shape index (κ3) is 3.37. The Hall–Kier alpha value is -1.30. The van der Waals surface area contributed by atoms with Gasteiger partial charge in [0, 0.05) is 18.5 Å². The number of carboxylic acid groups (broad SMARTS) is 1. The molecule has 0 amide bonds. The zero-order chi connectivity index (χ0) is 12.2. The molecule has 0 spiro atoms. The van der Waals surface area contributed by atoms with Gasteiger partial charge in [0.05, 0.1) is 5.75 Å². The number of carboxylic acids is 1. The van der Waals surface area contributed by atoms with Crippen molar-refractivity contribution < 1.29 is 18.3 Å². The minimum atomic E-state index is -3.06. The number of carbonyl (C=O) groups is 1. The molecule has 0 aliphatic heterocycles. The highest BCUT2D eigenvalue weighted by Gasteiger charge is 2.13. The molecular weight excluding hydrogens is 230 g/mol. The van der Waals surface area contributed by atoms with E-state index < -0.39 is 15.8 Å². The average Bonchev–Trinajstić information content (AvgIpc) is 2.62. The van der Waals surface area contributed by atoms with Gasteiger partial charge in [-0.2, -0.15) is 0 Å². The number of nitrogens with zero attached hydrogens (tertiary/aromatic N) is 1. The van der Waals surface area contributed by atoms with E-state index in [2.05, 4.69) is 0 Å². The molecule has 1 aromatic heterocycles.